The standard InChI is InChI=1S/C56H35NO2.C50H31NO2/c1-4-14-36(15-5-1)39-24-27-47-48-28-25-42(34-54(48)58-53(47)33-39)57(52-32-40-20-10-11-21-44(40)45-22-12-13-23-46(45)52)43-26-29-49-51-31-41(37-16-6-2-7-17-37)30-50(38-18-8-3-9-19-38)56(51)59-55(49)35-43;1-3-11-32(12-4-1)34-20-26-47-45(27-34)44-25-22-38(31-50(44)52-47)51(46-28-36-15-7-8-16-39(36)40-17-9-10-18-41(40)46)37-21-24-43-42-23-19-35(33-13-5-2-6-14-33)29-48(42)53-49(43)30-37/h1-35H;1-31H. The van der Waals surface area contributed by atoms with E-state index in [1.165, 1.54) is 60.0 Å². The zero-order valence-corrected chi connectivity index (χ0v) is 60.6. The third-order valence-corrected chi connectivity index (χ3v) is 22.4. The van der Waals surface area contributed by atoms with Crippen LogP contribution in [0.15, 0.2) is 418 Å². The minimum atomic E-state index is 0.827. The van der Waals surface area contributed by atoms with Gasteiger partial charge in [0.05, 0.1) is 11.4 Å². The van der Waals surface area contributed by atoms with Crippen molar-refractivity contribution in [2.24, 2.45) is 0 Å². The molecule has 0 amide bonds. The summed E-state index contributed by atoms with van der Waals surface area (Å²) in [6.07, 6.45) is 0. The molecule has 0 saturated carbocycles. The van der Waals surface area contributed by atoms with E-state index in [1.807, 2.05) is 12.1 Å². The maximum Gasteiger partial charge on any atom is 0.143 e. The summed E-state index contributed by atoms with van der Waals surface area (Å²) in [6, 6.07) is 142. The van der Waals surface area contributed by atoms with Gasteiger partial charge in [0.25, 0.3) is 0 Å². The summed E-state index contributed by atoms with van der Waals surface area (Å²) in [7, 11) is 0. The molecule has 0 aliphatic carbocycles. The first kappa shape index (κ1) is 64.2. The SMILES string of the molecule is c1ccc(-c2ccc3c(c2)oc2cc(N(c4ccc5c(c4)oc4c(-c6ccccc6)cc(-c6ccccc6)cc45)c4cc5ccccc5c5ccccc45)ccc23)cc1.c1ccc(-c2ccc3c(c2)oc2cc(N(c4ccc5c(c4)oc4ccc(-c6ccccc6)cc45)c4cc5ccccc5c5ccccc45)ccc23)cc1. The Morgan fingerprint density at radius 2 is 0.455 bits per heavy atom. The summed E-state index contributed by atoms with van der Waals surface area (Å²) in [5, 5.41) is 18.3. The summed E-state index contributed by atoms with van der Waals surface area (Å²) in [4.78, 5) is 4.70. The molecule has 4 aromatic heterocycles. The molecule has 19 aromatic carbocycles. The second-order valence-electron chi connectivity index (χ2n) is 29.0. The van der Waals surface area contributed by atoms with Gasteiger partial charge in [-0.3, -0.25) is 0 Å². The van der Waals surface area contributed by atoms with Crippen LogP contribution in [0.4, 0.5) is 34.1 Å². The Morgan fingerprint density at radius 3 is 0.893 bits per heavy atom. The van der Waals surface area contributed by atoms with E-state index >= 15 is 0 Å². The average Bonchev–Trinajstić information content (AvgIpc) is 1.44. The summed E-state index contributed by atoms with van der Waals surface area (Å²) in [5.74, 6) is 0. The minimum Gasteiger partial charge on any atom is -0.456 e. The molecule has 112 heavy (non-hydrogen) atoms. The van der Waals surface area contributed by atoms with Crippen LogP contribution in [0.25, 0.3) is 186 Å². The predicted molar refractivity (Wildman–Crippen MR) is 469 cm³/mol. The number of hydrogen-bond acceptors (Lipinski definition) is 6. The van der Waals surface area contributed by atoms with Crippen LogP contribution in [0.1, 0.15) is 0 Å². The van der Waals surface area contributed by atoms with Crippen LogP contribution in [0.3, 0.4) is 0 Å². The highest BCUT2D eigenvalue weighted by Crippen LogP contribution is 2.50. The van der Waals surface area contributed by atoms with Crippen LogP contribution in [-0.2, 0) is 0 Å². The quantitative estimate of drug-likeness (QED) is 0.120. The monoisotopic (exact) mass is 1430 g/mol. The van der Waals surface area contributed by atoms with Gasteiger partial charge in [-0.2, -0.15) is 0 Å². The third kappa shape index (κ3) is 11.0. The molecule has 0 fully saturated rings. The first-order chi connectivity index (χ1) is 55.5. The topological polar surface area (TPSA) is 59.0 Å². The lowest BCUT2D eigenvalue weighted by atomic mass is 9.95. The Kier molecular flexibility index (Phi) is 15.2. The molecule has 6 heteroatoms. The molecule has 0 aliphatic rings. The number of rotatable bonds is 11. The zero-order valence-electron chi connectivity index (χ0n) is 60.6. The second kappa shape index (κ2) is 26.5. The molecule has 0 bridgehead atoms. The smallest absolute Gasteiger partial charge is 0.143 e. The molecule has 23 aromatic rings. The fraction of sp³-hybridized carbons (Fsp3) is 0. The normalized spacial score (nSPS) is 11.8. The predicted octanol–water partition coefficient (Wildman–Crippen LogP) is 30.9. The molecular formula is C106H66N2O4. The van der Waals surface area contributed by atoms with Gasteiger partial charge < -0.3 is 27.5 Å². The molecule has 4 heterocycles. The Balaban J connectivity index is 0.000000138. The fourth-order valence-corrected chi connectivity index (χ4v) is 17.1. The Labute approximate surface area is 644 Å². The van der Waals surface area contributed by atoms with Crippen LogP contribution >= 0.6 is 0 Å². The van der Waals surface area contributed by atoms with Crippen molar-refractivity contribution in [1.29, 1.82) is 0 Å². The number of furan rings is 4. The number of hydrogen-bond donors (Lipinski definition) is 0. The van der Waals surface area contributed by atoms with Gasteiger partial charge in [0.2, 0.25) is 0 Å². The van der Waals surface area contributed by atoms with Crippen LogP contribution in [0, 0.1) is 0 Å². The Bertz CT molecular complexity index is 7620. The summed E-state index contributed by atoms with van der Waals surface area (Å²) < 4.78 is 26.9. The average molecular weight is 1430 g/mol. The first-order valence-corrected chi connectivity index (χ1v) is 38.1. The van der Waals surface area contributed by atoms with Gasteiger partial charge >= 0.3 is 0 Å². The molecule has 0 N–H and O–H groups in total. The van der Waals surface area contributed by atoms with E-state index in [-0.39, 0.29) is 0 Å². The summed E-state index contributed by atoms with van der Waals surface area (Å²) in [6.45, 7) is 0. The van der Waals surface area contributed by atoms with Crippen LogP contribution in [-0.4, -0.2) is 0 Å². The highest BCUT2D eigenvalue weighted by atomic mass is 16.3. The van der Waals surface area contributed by atoms with Gasteiger partial charge in [-0.1, -0.05) is 267 Å². The maximum atomic E-state index is 6.96. The van der Waals surface area contributed by atoms with Crippen molar-refractivity contribution in [2.75, 3.05) is 9.80 Å². The van der Waals surface area contributed by atoms with Crippen molar-refractivity contribution in [3.63, 3.8) is 0 Å². The number of anilines is 6. The molecule has 23 rings (SSSR count). The molecule has 0 aliphatic heterocycles. The molecule has 0 spiro atoms. The van der Waals surface area contributed by atoms with E-state index in [9.17, 15) is 0 Å². The summed E-state index contributed by atoms with van der Waals surface area (Å²) in [5.41, 5.74) is 24.5. The Morgan fingerprint density at radius 1 is 0.152 bits per heavy atom. The Hall–Kier alpha value is -15.0. The van der Waals surface area contributed by atoms with Crippen LogP contribution in [0.2, 0.25) is 0 Å². The van der Waals surface area contributed by atoms with Gasteiger partial charge in [0.15, 0.2) is 0 Å². The van der Waals surface area contributed by atoms with E-state index in [0.717, 1.165) is 161 Å². The second-order valence-corrected chi connectivity index (χ2v) is 29.0. The van der Waals surface area contributed by atoms with E-state index in [0.29, 0.717) is 0 Å². The first-order valence-electron chi connectivity index (χ1n) is 38.1. The van der Waals surface area contributed by atoms with Crippen LogP contribution in [0.5, 0.6) is 0 Å². The highest BCUT2D eigenvalue weighted by Gasteiger charge is 2.25. The van der Waals surface area contributed by atoms with Crippen molar-refractivity contribution >= 4 is 165 Å². The van der Waals surface area contributed by atoms with Gasteiger partial charge in [-0.15, -0.1) is 0 Å². The number of nitrogens with zero attached hydrogens (tertiary/aromatic N) is 2. The molecule has 0 saturated heterocycles. The van der Waals surface area contributed by atoms with Gasteiger partial charge in [0, 0.05) is 106 Å². The van der Waals surface area contributed by atoms with Crippen molar-refractivity contribution < 1.29 is 17.7 Å². The van der Waals surface area contributed by atoms with E-state index in [2.05, 4.69) is 398 Å². The highest BCUT2D eigenvalue weighted by molar-refractivity contribution is 6.19. The minimum absolute atomic E-state index is 0.827. The van der Waals surface area contributed by atoms with Crippen molar-refractivity contribution in [3.05, 3.63) is 400 Å². The van der Waals surface area contributed by atoms with Gasteiger partial charge in [-0.05, 0) is 192 Å². The maximum absolute atomic E-state index is 6.96. The molecular weight excluding hydrogens is 1370 g/mol. The molecule has 0 atom stereocenters. The van der Waals surface area contributed by atoms with E-state index < -0.39 is 0 Å². The van der Waals surface area contributed by atoms with E-state index in [4.69, 9.17) is 17.7 Å². The summed E-state index contributed by atoms with van der Waals surface area (Å²) >= 11 is 0. The lowest BCUT2D eigenvalue weighted by Crippen LogP contribution is -2.10. The zero-order chi connectivity index (χ0) is 73.7. The van der Waals surface area contributed by atoms with E-state index in [1.54, 1.807) is 0 Å². The van der Waals surface area contributed by atoms with Gasteiger partial charge in [-0.25, -0.2) is 0 Å². The number of fused-ring (bicyclic) bond motifs is 18. The molecule has 0 unspecified atom stereocenters. The van der Waals surface area contributed by atoms with Crippen molar-refractivity contribution in [3.8, 4) is 55.6 Å². The molecule has 524 valence electrons. The largest absolute Gasteiger partial charge is 0.456 e. The third-order valence-electron chi connectivity index (χ3n) is 22.4. The van der Waals surface area contributed by atoms with Gasteiger partial charge in [0.1, 0.15) is 44.7 Å². The lowest BCUT2D eigenvalue weighted by Gasteiger charge is -2.27. The van der Waals surface area contributed by atoms with Crippen molar-refractivity contribution in [2.45, 2.75) is 0 Å². The van der Waals surface area contributed by atoms with Crippen LogP contribution < -0.4 is 9.80 Å². The lowest BCUT2D eigenvalue weighted by molar-refractivity contribution is 0.668. The van der Waals surface area contributed by atoms with Crippen molar-refractivity contribution in [1.82, 2.24) is 0 Å². The fourth-order valence-electron chi connectivity index (χ4n) is 17.1. The molecule has 6 nitrogen and oxygen atoms in total. The number of benzene rings is 19. The molecule has 0 radical (unpaired) electrons.